The van der Waals surface area contributed by atoms with Crippen LogP contribution < -0.4 is 5.73 Å². The van der Waals surface area contributed by atoms with Crippen LogP contribution in [-0.4, -0.2) is 9.78 Å². The van der Waals surface area contributed by atoms with E-state index in [2.05, 4.69) is 5.10 Å². The number of halogens is 2. The van der Waals surface area contributed by atoms with Crippen LogP contribution in [0.2, 0.25) is 5.02 Å². The van der Waals surface area contributed by atoms with E-state index in [0.717, 1.165) is 5.69 Å². The number of nitrogen functional groups attached to an aromatic ring is 1. The molecule has 0 spiro atoms. The van der Waals surface area contributed by atoms with Gasteiger partial charge in [-0.05, 0) is 30.3 Å². The van der Waals surface area contributed by atoms with Crippen molar-refractivity contribution < 1.29 is 4.39 Å². The molecule has 20 heavy (non-hydrogen) atoms. The standard InChI is InChI=1S/C15H11ClFN3/c16-13-9-10(17)8-12(15(13)18)14-6-7-19-20(14)11-4-2-1-3-5-11/h1-9H,18H2. The number of benzene rings is 2. The molecule has 2 N–H and O–H groups in total. The van der Waals surface area contributed by atoms with Gasteiger partial charge >= 0.3 is 0 Å². The maximum atomic E-state index is 13.6. The molecule has 3 aromatic rings. The number of para-hydroxylation sites is 1. The lowest BCUT2D eigenvalue weighted by Gasteiger charge is -2.11. The van der Waals surface area contributed by atoms with Crippen molar-refractivity contribution in [2.24, 2.45) is 0 Å². The van der Waals surface area contributed by atoms with Crippen LogP contribution in [-0.2, 0) is 0 Å². The first-order chi connectivity index (χ1) is 9.66. The molecule has 5 heteroatoms. The van der Waals surface area contributed by atoms with E-state index in [-0.39, 0.29) is 5.02 Å². The van der Waals surface area contributed by atoms with Gasteiger partial charge in [0.2, 0.25) is 0 Å². The van der Waals surface area contributed by atoms with E-state index >= 15 is 0 Å². The Morgan fingerprint density at radius 3 is 2.60 bits per heavy atom. The van der Waals surface area contributed by atoms with E-state index in [1.807, 2.05) is 30.3 Å². The maximum absolute atomic E-state index is 13.6. The number of hydrogen-bond donors (Lipinski definition) is 1. The topological polar surface area (TPSA) is 43.8 Å². The van der Waals surface area contributed by atoms with Crippen LogP contribution in [0.1, 0.15) is 0 Å². The van der Waals surface area contributed by atoms with Gasteiger partial charge in [0.05, 0.1) is 28.3 Å². The van der Waals surface area contributed by atoms with Crippen molar-refractivity contribution in [1.82, 2.24) is 9.78 Å². The molecule has 0 fully saturated rings. The van der Waals surface area contributed by atoms with Crippen LogP contribution in [0.25, 0.3) is 16.9 Å². The Morgan fingerprint density at radius 2 is 1.85 bits per heavy atom. The van der Waals surface area contributed by atoms with E-state index in [4.69, 9.17) is 17.3 Å². The predicted molar refractivity (Wildman–Crippen MR) is 78.4 cm³/mol. The molecular formula is C15H11ClFN3. The number of nitrogens with zero attached hydrogens (tertiary/aromatic N) is 2. The summed E-state index contributed by atoms with van der Waals surface area (Å²) < 4.78 is 15.3. The third-order valence-corrected chi connectivity index (χ3v) is 3.33. The van der Waals surface area contributed by atoms with Gasteiger partial charge in [0.1, 0.15) is 5.82 Å². The van der Waals surface area contributed by atoms with Crippen molar-refractivity contribution in [1.29, 1.82) is 0 Å². The predicted octanol–water partition coefficient (Wildman–Crippen LogP) is 3.91. The minimum atomic E-state index is -0.431. The van der Waals surface area contributed by atoms with Gasteiger partial charge in [0.25, 0.3) is 0 Å². The highest BCUT2D eigenvalue weighted by molar-refractivity contribution is 6.33. The highest BCUT2D eigenvalue weighted by Gasteiger charge is 2.13. The molecule has 0 saturated heterocycles. The van der Waals surface area contributed by atoms with Crippen LogP contribution in [0.3, 0.4) is 0 Å². The second-order valence-corrected chi connectivity index (χ2v) is 4.72. The number of aromatic nitrogens is 2. The number of anilines is 1. The highest BCUT2D eigenvalue weighted by Crippen LogP contribution is 2.33. The Hall–Kier alpha value is -2.33. The summed E-state index contributed by atoms with van der Waals surface area (Å²) >= 11 is 5.94. The van der Waals surface area contributed by atoms with E-state index in [0.29, 0.717) is 16.9 Å². The second-order valence-electron chi connectivity index (χ2n) is 4.31. The third-order valence-electron chi connectivity index (χ3n) is 3.01. The molecule has 3 nitrogen and oxygen atoms in total. The molecule has 0 saturated carbocycles. The summed E-state index contributed by atoms with van der Waals surface area (Å²) in [5.74, 6) is -0.431. The first-order valence-electron chi connectivity index (χ1n) is 6.01. The fraction of sp³-hybridized carbons (Fsp3) is 0. The average Bonchev–Trinajstić information content (AvgIpc) is 2.93. The van der Waals surface area contributed by atoms with Gasteiger partial charge in [-0.25, -0.2) is 9.07 Å². The van der Waals surface area contributed by atoms with Gasteiger partial charge in [-0.2, -0.15) is 5.10 Å². The van der Waals surface area contributed by atoms with Crippen LogP contribution in [0, 0.1) is 5.82 Å². The molecule has 0 aliphatic heterocycles. The van der Waals surface area contributed by atoms with Crippen molar-refractivity contribution in [2.75, 3.05) is 5.73 Å². The normalized spacial score (nSPS) is 10.7. The summed E-state index contributed by atoms with van der Waals surface area (Å²) in [6.07, 6.45) is 1.64. The van der Waals surface area contributed by atoms with Gasteiger partial charge in [0, 0.05) is 5.56 Å². The maximum Gasteiger partial charge on any atom is 0.125 e. The molecule has 0 bridgehead atoms. The Balaban J connectivity index is 2.21. The Kier molecular flexibility index (Phi) is 3.16. The van der Waals surface area contributed by atoms with Crippen molar-refractivity contribution in [2.45, 2.75) is 0 Å². The third kappa shape index (κ3) is 2.14. The summed E-state index contributed by atoms with van der Waals surface area (Å²) in [5, 5.41) is 4.45. The largest absolute Gasteiger partial charge is 0.397 e. The van der Waals surface area contributed by atoms with Crippen molar-refractivity contribution >= 4 is 17.3 Å². The van der Waals surface area contributed by atoms with E-state index in [9.17, 15) is 4.39 Å². The quantitative estimate of drug-likeness (QED) is 0.726. The smallest absolute Gasteiger partial charge is 0.125 e. The lowest BCUT2D eigenvalue weighted by atomic mass is 10.1. The zero-order valence-electron chi connectivity index (χ0n) is 10.4. The minimum Gasteiger partial charge on any atom is -0.397 e. The van der Waals surface area contributed by atoms with Crippen LogP contribution in [0.5, 0.6) is 0 Å². The summed E-state index contributed by atoms with van der Waals surface area (Å²) in [4.78, 5) is 0. The molecule has 3 rings (SSSR count). The molecule has 1 heterocycles. The van der Waals surface area contributed by atoms with Crippen molar-refractivity contribution in [3.63, 3.8) is 0 Å². The van der Waals surface area contributed by atoms with Gasteiger partial charge in [0.15, 0.2) is 0 Å². The lowest BCUT2D eigenvalue weighted by molar-refractivity contribution is 0.628. The van der Waals surface area contributed by atoms with Gasteiger partial charge in [-0.15, -0.1) is 0 Å². The lowest BCUT2D eigenvalue weighted by Crippen LogP contribution is -2.01. The van der Waals surface area contributed by atoms with Gasteiger partial charge < -0.3 is 5.73 Å². The second kappa shape index (κ2) is 4.98. The fourth-order valence-corrected chi connectivity index (χ4v) is 2.28. The Morgan fingerprint density at radius 1 is 1.10 bits per heavy atom. The molecule has 0 unspecified atom stereocenters. The first kappa shape index (κ1) is 12.7. The molecule has 2 aromatic carbocycles. The highest BCUT2D eigenvalue weighted by atomic mass is 35.5. The van der Waals surface area contributed by atoms with Crippen LogP contribution in [0.4, 0.5) is 10.1 Å². The molecule has 0 atom stereocenters. The van der Waals surface area contributed by atoms with Crippen molar-refractivity contribution in [3.05, 3.63) is 65.6 Å². The summed E-state index contributed by atoms with van der Waals surface area (Å²) in [6.45, 7) is 0. The van der Waals surface area contributed by atoms with Gasteiger partial charge in [-0.1, -0.05) is 29.8 Å². The molecule has 0 aliphatic carbocycles. The molecule has 0 radical (unpaired) electrons. The van der Waals surface area contributed by atoms with E-state index < -0.39 is 5.82 Å². The summed E-state index contributed by atoms with van der Waals surface area (Å²) in [7, 11) is 0. The molecule has 1 aromatic heterocycles. The minimum absolute atomic E-state index is 0.195. The zero-order valence-corrected chi connectivity index (χ0v) is 11.2. The number of rotatable bonds is 2. The monoisotopic (exact) mass is 287 g/mol. The molecule has 0 aliphatic rings. The Bertz CT molecular complexity index is 753. The number of nitrogens with two attached hydrogens (primary N) is 1. The van der Waals surface area contributed by atoms with E-state index in [1.165, 1.54) is 12.1 Å². The fourth-order valence-electron chi connectivity index (χ4n) is 2.08. The summed E-state index contributed by atoms with van der Waals surface area (Å²) in [5.41, 5.74) is 8.37. The molecular weight excluding hydrogens is 277 g/mol. The Labute approximate surface area is 120 Å². The SMILES string of the molecule is Nc1c(Cl)cc(F)cc1-c1ccnn1-c1ccccc1. The van der Waals surface area contributed by atoms with Crippen molar-refractivity contribution in [3.8, 4) is 16.9 Å². The number of hydrogen-bond acceptors (Lipinski definition) is 2. The molecule has 100 valence electrons. The van der Waals surface area contributed by atoms with Crippen LogP contribution in [0.15, 0.2) is 54.7 Å². The molecule has 0 amide bonds. The zero-order chi connectivity index (χ0) is 14.1. The average molecular weight is 288 g/mol. The van der Waals surface area contributed by atoms with Crippen LogP contribution >= 0.6 is 11.6 Å². The first-order valence-corrected chi connectivity index (χ1v) is 6.39. The van der Waals surface area contributed by atoms with Gasteiger partial charge in [-0.3, -0.25) is 0 Å². The summed E-state index contributed by atoms with van der Waals surface area (Å²) in [6, 6.07) is 13.9. The van der Waals surface area contributed by atoms with E-state index in [1.54, 1.807) is 16.9 Å².